The van der Waals surface area contributed by atoms with Crippen molar-refractivity contribution in [2.75, 3.05) is 6.54 Å². The van der Waals surface area contributed by atoms with E-state index in [1.807, 2.05) is 25.3 Å². The van der Waals surface area contributed by atoms with Crippen LogP contribution < -0.4 is 4.72 Å². The number of aromatic nitrogens is 3. The molecular weight excluding hydrogens is 392 g/mol. The number of para-hydroxylation sites is 1. The van der Waals surface area contributed by atoms with Crippen LogP contribution in [0.1, 0.15) is 12.1 Å². The molecule has 126 valence electrons. The van der Waals surface area contributed by atoms with Gasteiger partial charge in [-0.1, -0.05) is 18.2 Å². The van der Waals surface area contributed by atoms with Crippen LogP contribution in [0, 0.1) is 6.92 Å². The Labute approximate surface area is 149 Å². The third kappa shape index (κ3) is 3.66. The van der Waals surface area contributed by atoms with E-state index in [1.165, 1.54) is 0 Å². The van der Waals surface area contributed by atoms with Gasteiger partial charge in [-0.05, 0) is 41.4 Å². The van der Waals surface area contributed by atoms with Crippen molar-refractivity contribution in [3.63, 3.8) is 0 Å². The number of benzene rings is 1. The summed E-state index contributed by atoms with van der Waals surface area (Å²) in [5.74, 6) is 0. The maximum Gasteiger partial charge on any atom is 0.242 e. The number of nitrogens with one attached hydrogen (secondary N) is 1. The van der Waals surface area contributed by atoms with Crippen molar-refractivity contribution in [3.05, 3.63) is 52.9 Å². The molecule has 3 aromatic rings. The number of fused-ring (bicyclic) bond motifs is 1. The summed E-state index contributed by atoms with van der Waals surface area (Å²) < 4.78 is 30.5. The average molecular weight is 409 g/mol. The van der Waals surface area contributed by atoms with Crippen LogP contribution in [0.5, 0.6) is 0 Å². The van der Waals surface area contributed by atoms with E-state index >= 15 is 0 Å². The summed E-state index contributed by atoms with van der Waals surface area (Å²) in [6, 6.07) is 8.78. The van der Waals surface area contributed by atoms with Gasteiger partial charge in [-0.25, -0.2) is 13.1 Å². The zero-order valence-corrected chi connectivity index (χ0v) is 15.5. The predicted molar refractivity (Wildman–Crippen MR) is 96.2 cm³/mol. The molecule has 0 saturated heterocycles. The van der Waals surface area contributed by atoms with E-state index in [0.29, 0.717) is 25.0 Å². The highest BCUT2D eigenvalue weighted by molar-refractivity contribution is 9.10. The molecule has 0 aliphatic heterocycles. The summed E-state index contributed by atoms with van der Waals surface area (Å²) in [6.07, 6.45) is 4.13. The highest BCUT2D eigenvalue weighted by Gasteiger charge is 2.17. The SMILES string of the molecule is Cc1nn(CCCNS(=O)(=O)c2cccc3cccnc23)cc1Br. The highest BCUT2D eigenvalue weighted by atomic mass is 79.9. The van der Waals surface area contributed by atoms with Gasteiger partial charge >= 0.3 is 0 Å². The average Bonchev–Trinajstić information content (AvgIpc) is 2.89. The van der Waals surface area contributed by atoms with Crippen molar-refractivity contribution in [1.29, 1.82) is 0 Å². The first-order valence-electron chi connectivity index (χ1n) is 7.50. The lowest BCUT2D eigenvalue weighted by Gasteiger charge is -2.09. The van der Waals surface area contributed by atoms with Crippen LogP contribution in [-0.4, -0.2) is 29.7 Å². The summed E-state index contributed by atoms with van der Waals surface area (Å²) in [5, 5.41) is 5.13. The number of rotatable bonds is 6. The Bertz CT molecular complexity index is 944. The van der Waals surface area contributed by atoms with Crippen LogP contribution in [0.15, 0.2) is 52.1 Å². The van der Waals surface area contributed by atoms with Crippen molar-refractivity contribution in [1.82, 2.24) is 19.5 Å². The molecule has 8 heteroatoms. The van der Waals surface area contributed by atoms with Crippen LogP contribution >= 0.6 is 15.9 Å². The standard InChI is InChI=1S/C16H17BrN4O2S/c1-12-14(17)11-21(20-12)10-4-9-19-24(22,23)15-7-2-5-13-6-3-8-18-16(13)15/h2-3,5-8,11,19H,4,9-10H2,1H3. The van der Waals surface area contributed by atoms with E-state index < -0.39 is 10.0 Å². The summed E-state index contributed by atoms with van der Waals surface area (Å²) in [6.45, 7) is 2.89. The minimum Gasteiger partial charge on any atom is -0.271 e. The van der Waals surface area contributed by atoms with Crippen LogP contribution in [0.3, 0.4) is 0 Å². The molecule has 0 atom stereocenters. The zero-order chi connectivity index (χ0) is 17.2. The molecule has 6 nitrogen and oxygen atoms in total. The van der Waals surface area contributed by atoms with Gasteiger partial charge < -0.3 is 0 Å². The van der Waals surface area contributed by atoms with Gasteiger partial charge in [-0.2, -0.15) is 5.10 Å². The maximum absolute atomic E-state index is 12.5. The monoisotopic (exact) mass is 408 g/mol. The molecule has 0 aliphatic rings. The molecule has 0 aliphatic carbocycles. The first kappa shape index (κ1) is 17.1. The van der Waals surface area contributed by atoms with Crippen LogP contribution in [0.2, 0.25) is 0 Å². The molecular formula is C16H17BrN4O2S. The van der Waals surface area contributed by atoms with Crippen molar-refractivity contribution in [3.8, 4) is 0 Å². The topological polar surface area (TPSA) is 76.9 Å². The van der Waals surface area contributed by atoms with E-state index in [1.54, 1.807) is 29.1 Å². The van der Waals surface area contributed by atoms with Gasteiger partial charge in [0.1, 0.15) is 4.90 Å². The molecule has 0 spiro atoms. The van der Waals surface area contributed by atoms with Crippen LogP contribution in [-0.2, 0) is 16.6 Å². The molecule has 3 rings (SSSR count). The number of sulfonamides is 1. The molecule has 2 aromatic heterocycles. The number of pyridine rings is 1. The van der Waals surface area contributed by atoms with Crippen molar-refractivity contribution < 1.29 is 8.42 Å². The normalized spacial score (nSPS) is 11.9. The van der Waals surface area contributed by atoms with Gasteiger partial charge in [0.25, 0.3) is 0 Å². The second kappa shape index (κ2) is 7.00. The first-order valence-corrected chi connectivity index (χ1v) is 9.78. The molecule has 2 heterocycles. The molecule has 0 radical (unpaired) electrons. The smallest absolute Gasteiger partial charge is 0.242 e. The Morgan fingerprint density at radius 3 is 2.79 bits per heavy atom. The molecule has 0 saturated carbocycles. The van der Waals surface area contributed by atoms with Gasteiger partial charge in [0.2, 0.25) is 10.0 Å². The third-order valence-electron chi connectivity index (χ3n) is 3.63. The number of nitrogens with zero attached hydrogens (tertiary/aromatic N) is 3. The maximum atomic E-state index is 12.5. The van der Waals surface area contributed by atoms with E-state index in [4.69, 9.17) is 0 Å². The van der Waals surface area contributed by atoms with E-state index in [2.05, 4.69) is 30.7 Å². The zero-order valence-electron chi connectivity index (χ0n) is 13.1. The van der Waals surface area contributed by atoms with Crippen molar-refractivity contribution >= 4 is 36.9 Å². The minimum absolute atomic E-state index is 0.207. The number of halogens is 1. The lowest BCUT2D eigenvalue weighted by atomic mass is 10.2. The third-order valence-corrected chi connectivity index (χ3v) is 5.90. The Kier molecular flexibility index (Phi) is 4.98. The molecule has 24 heavy (non-hydrogen) atoms. The number of hydrogen-bond donors (Lipinski definition) is 1. The summed E-state index contributed by atoms with van der Waals surface area (Å²) >= 11 is 3.41. The molecule has 0 amide bonds. The quantitative estimate of drug-likeness (QED) is 0.636. The van der Waals surface area contributed by atoms with E-state index in [-0.39, 0.29) is 4.90 Å². The lowest BCUT2D eigenvalue weighted by Crippen LogP contribution is -2.26. The fraction of sp³-hybridized carbons (Fsp3) is 0.250. The lowest BCUT2D eigenvalue weighted by molar-refractivity contribution is 0.551. The Hall–Kier alpha value is -1.77. The second-order valence-electron chi connectivity index (χ2n) is 5.41. The van der Waals surface area contributed by atoms with Crippen LogP contribution in [0.4, 0.5) is 0 Å². The molecule has 0 fully saturated rings. The predicted octanol–water partition coefficient (Wildman–Crippen LogP) is 2.87. The molecule has 0 bridgehead atoms. The Balaban J connectivity index is 1.67. The van der Waals surface area contributed by atoms with E-state index in [0.717, 1.165) is 15.6 Å². The largest absolute Gasteiger partial charge is 0.271 e. The van der Waals surface area contributed by atoms with Gasteiger partial charge in [-0.3, -0.25) is 9.67 Å². The van der Waals surface area contributed by atoms with Gasteiger partial charge in [0, 0.05) is 30.9 Å². The molecule has 0 unspecified atom stereocenters. The molecule has 1 N–H and O–H groups in total. The van der Waals surface area contributed by atoms with E-state index in [9.17, 15) is 8.42 Å². The Morgan fingerprint density at radius 1 is 1.25 bits per heavy atom. The van der Waals surface area contributed by atoms with Gasteiger partial charge in [0.15, 0.2) is 0 Å². The van der Waals surface area contributed by atoms with Gasteiger partial charge in [0.05, 0.1) is 15.7 Å². The fourth-order valence-electron chi connectivity index (χ4n) is 2.43. The number of aryl methyl sites for hydroxylation is 2. The first-order chi connectivity index (χ1) is 11.5. The van der Waals surface area contributed by atoms with Crippen molar-refractivity contribution in [2.24, 2.45) is 0 Å². The van der Waals surface area contributed by atoms with Crippen LogP contribution in [0.25, 0.3) is 10.9 Å². The van der Waals surface area contributed by atoms with Crippen molar-refractivity contribution in [2.45, 2.75) is 24.8 Å². The Morgan fingerprint density at radius 2 is 2.04 bits per heavy atom. The fourth-order valence-corrected chi connectivity index (χ4v) is 3.99. The minimum atomic E-state index is -3.60. The second-order valence-corrected chi connectivity index (χ2v) is 8.00. The number of hydrogen-bond acceptors (Lipinski definition) is 4. The summed E-state index contributed by atoms with van der Waals surface area (Å²) in [7, 11) is -3.60. The highest BCUT2D eigenvalue weighted by Crippen LogP contribution is 2.20. The molecule has 1 aromatic carbocycles. The summed E-state index contributed by atoms with van der Waals surface area (Å²) in [5.41, 5.74) is 1.40. The van der Waals surface area contributed by atoms with Gasteiger partial charge in [-0.15, -0.1) is 0 Å². The summed E-state index contributed by atoms with van der Waals surface area (Å²) in [4.78, 5) is 4.40.